The molecule has 3 aromatic rings. The normalized spacial score (nSPS) is 24.0. The van der Waals surface area contributed by atoms with Crippen LogP contribution in [-0.4, -0.2) is 114 Å². The number of carbonyl (C=O) groups excluding carboxylic acids is 2. The van der Waals surface area contributed by atoms with E-state index in [9.17, 15) is 9.59 Å². The summed E-state index contributed by atoms with van der Waals surface area (Å²) < 4.78 is 22.1. The van der Waals surface area contributed by atoms with E-state index in [2.05, 4.69) is 96.3 Å². The van der Waals surface area contributed by atoms with Gasteiger partial charge >= 0.3 is 11.9 Å². The van der Waals surface area contributed by atoms with Crippen LogP contribution in [0.2, 0.25) is 0 Å². The van der Waals surface area contributed by atoms with Crippen LogP contribution >= 0.6 is 0 Å². The largest absolute Gasteiger partial charge is 0.497 e. The van der Waals surface area contributed by atoms with Gasteiger partial charge in [-0.05, 0) is 93.4 Å². The molecule has 1 aliphatic carbocycles. The van der Waals surface area contributed by atoms with Crippen LogP contribution in [0, 0.1) is 5.92 Å². The van der Waals surface area contributed by atoms with E-state index in [0.717, 1.165) is 101 Å². The summed E-state index contributed by atoms with van der Waals surface area (Å²) in [5.41, 5.74) is 7.48. The second-order valence-electron chi connectivity index (χ2n) is 16.3. The average Bonchev–Trinajstić information content (AvgIpc) is 3.89. The molecule has 4 aliphatic rings. The summed E-state index contributed by atoms with van der Waals surface area (Å²) in [5.74, 6) is 0.605. The molecule has 0 spiro atoms. The predicted octanol–water partition coefficient (Wildman–Crippen LogP) is 11.1. The number of fused-ring (bicyclic) bond motifs is 3. The number of aromatic amines is 1. The standard InChI is InChI=1S/C23H34N2O3.C22H30N2O3.4C2H6/c1-5-16-10-11-21-20(14-16)18-12-13-25(2)15-17(27-3)8-6-7-9-19(22(18)24-21)23(26)28-4;1-15(25)27-20-9-10-22(11-13-24-12-5-6-17(20)21(22)24)18-8-7-16(26-4)14-19(18)23(2)3;4*1-2/h10-11,14,17,19,24H,5-9,12-13,15H2,1-4H3;5-8,14,17,20-21H,9-13H2,1-4H3;4*1-2H3. The first-order valence-electron chi connectivity index (χ1n) is 24.4. The summed E-state index contributed by atoms with van der Waals surface area (Å²) in [6.07, 6.45) is 13.7. The van der Waals surface area contributed by atoms with Gasteiger partial charge in [0.2, 0.25) is 0 Å². The number of anilines is 1. The van der Waals surface area contributed by atoms with Crippen molar-refractivity contribution in [2.75, 3.05) is 73.6 Å². The minimum absolute atomic E-state index is 0.0150. The number of H-pyrrole nitrogens is 1. The van der Waals surface area contributed by atoms with E-state index in [1.165, 1.54) is 41.8 Å². The van der Waals surface area contributed by atoms with Gasteiger partial charge in [0, 0.05) is 93.5 Å². The van der Waals surface area contributed by atoms with Crippen molar-refractivity contribution >= 4 is 28.5 Å². The molecule has 10 nitrogen and oxygen atoms in total. The van der Waals surface area contributed by atoms with Crippen molar-refractivity contribution in [2.45, 2.75) is 157 Å². The van der Waals surface area contributed by atoms with Crippen LogP contribution in [0.5, 0.6) is 5.75 Å². The third kappa shape index (κ3) is 13.6. The number of nitrogens with one attached hydrogen (secondary N) is 1. The van der Waals surface area contributed by atoms with Crippen LogP contribution in [0.15, 0.2) is 48.6 Å². The van der Waals surface area contributed by atoms with Gasteiger partial charge in [0.05, 0.1) is 26.2 Å². The molecule has 10 heteroatoms. The predicted molar refractivity (Wildman–Crippen MR) is 265 cm³/mol. The van der Waals surface area contributed by atoms with Crippen molar-refractivity contribution < 1.29 is 28.5 Å². The molecular weight excluding hydrogens is 789 g/mol. The maximum atomic E-state index is 12.7. The zero-order chi connectivity index (χ0) is 47.3. The third-order valence-electron chi connectivity index (χ3n) is 12.8. The molecule has 0 amide bonds. The Bertz CT molecular complexity index is 1820. The molecule has 3 aliphatic heterocycles. The summed E-state index contributed by atoms with van der Waals surface area (Å²) in [5, 5.41) is 1.25. The maximum absolute atomic E-state index is 12.7. The Labute approximate surface area is 383 Å². The van der Waals surface area contributed by atoms with Gasteiger partial charge in [-0.2, -0.15) is 0 Å². The number of aromatic nitrogens is 1. The number of likely N-dealkylation sites (N-methyl/N-ethyl adjacent to an activating group) is 1. The van der Waals surface area contributed by atoms with Crippen molar-refractivity contribution in [1.82, 2.24) is 14.8 Å². The maximum Gasteiger partial charge on any atom is 0.314 e. The smallest absolute Gasteiger partial charge is 0.314 e. The molecule has 356 valence electrons. The quantitative estimate of drug-likeness (QED) is 0.184. The average molecular weight is 877 g/mol. The number of benzene rings is 2. The molecule has 7 rings (SSSR count). The number of rotatable bonds is 7. The van der Waals surface area contributed by atoms with Gasteiger partial charge in [-0.15, -0.1) is 0 Å². The van der Waals surface area contributed by atoms with Gasteiger partial charge < -0.3 is 33.7 Å². The van der Waals surface area contributed by atoms with Crippen LogP contribution in [0.1, 0.15) is 142 Å². The van der Waals surface area contributed by atoms with Crippen molar-refractivity contribution in [3.8, 4) is 5.75 Å². The van der Waals surface area contributed by atoms with Crippen LogP contribution in [0.25, 0.3) is 10.9 Å². The van der Waals surface area contributed by atoms with Gasteiger partial charge in [-0.25, -0.2) is 0 Å². The molecular formula is C53H88N4O6. The Morgan fingerprint density at radius 2 is 1.59 bits per heavy atom. The van der Waals surface area contributed by atoms with Crippen molar-refractivity contribution in [3.05, 3.63) is 70.9 Å². The van der Waals surface area contributed by atoms with Crippen LogP contribution in [0.3, 0.4) is 0 Å². The van der Waals surface area contributed by atoms with E-state index in [4.69, 9.17) is 18.9 Å². The molecule has 1 saturated carbocycles. The van der Waals surface area contributed by atoms with E-state index < -0.39 is 0 Å². The lowest BCUT2D eigenvalue weighted by atomic mass is 9.60. The number of nitrogens with zero attached hydrogens (tertiary/aromatic N) is 3. The summed E-state index contributed by atoms with van der Waals surface area (Å²) >= 11 is 0. The number of carbonyl (C=O) groups is 2. The number of hydrogen-bond donors (Lipinski definition) is 1. The molecule has 6 unspecified atom stereocenters. The van der Waals surface area contributed by atoms with E-state index in [1.807, 2.05) is 55.4 Å². The Morgan fingerprint density at radius 1 is 0.889 bits per heavy atom. The Hall–Kier alpha value is -3.86. The lowest BCUT2D eigenvalue weighted by Gasteiger charge is -2.51. The first kappa shape index (κ1) is 55.3. The minimum Gasteiger partial charge on any atom is -0.497 e. The van der Waals surface area contributed by atoms with Gasteiger partial charge in [0.15, 0.2) is 0 Å². The van der Waals surface area contributed by atoms with Gasteiger partial charge in [0.1, 0.15) is 11.9 Å². The lowest BCUT2D eigenvalue weighted by molar-refractivity contribution is -0.152. The molecule has 1 aromatic heterocycles. The first-order valence-corrected chi connectivity index (χ1v) is 24.4. The number of ether oxygens (including phenoxy) is 4. The zero-order valence-corrected chi connectivity index (χ0v) is 42.5. The molecule has 6 atom stereocenters. The van der Waals surface area contributed by atoms with Crippen molar-refractivity contribution in [2.24, 2.45) is 5.92 Å². The Kier molecular flexibility index (Phi) is 24.7. The third-order valence-corrected chi connectivity index (χ3v) is 12.8. The highest BCUT2D eigenvalue weighted by molar-refractivity contribution is 5.88. The monoisotopic (exact) mass is 877 g/mol. The number of methoxy groups -OCH3 is 3. The number of hydrogen-bond acceptors (Lipinski definition) is 9. The summed E-state index contributed by atoms with van der Waals surface area (Å²) in [4.78, 5) is 35.0. The van der Waals surface area contributed by atoms with E-state index >= 15 is 0 Å². The fourth-order valence-electron chi connectivity index (χ4n) is 10.0. The molecule has 1 N–H and O–H groups in total. The first-order chi connectivity index (χ1) is 30.5. The Morgan fingerprint density at radius 3 is 2.21 bits per heavy atom. The van der Waals surface area contributed by atoms with Crippen LogP contribution < -0.4 is 9.64 Å². The van der Waals surface area contributed by atoms with Gasteiger partial charge in [0.25, 0.3) is 0 Å². The zero-order valence-electron chi connectivity index (χ0n) is 42.5. The summed E-state index contributed by atoms with van der Waals surface area (Å²) in [7, 11) is 11.4. The van der Waals surface area contributed by atoms with Crippen LogP contribution in [-0.2, 0) is 42.1 Å². The molecule has 63 heavy (non-hydrogen) atoms. The fraction of sp³-hybridized carbons (Fsp3) is 0.660. The molecule has 0 bridgehead atoms. The van der Waals surface area contributed by atoms with Crippen LogP contribution in [0.4, 0.5) is 5.69 Å². The number of esters is 2. The fourth-order valence-corrected chi connectivity index (χ4v) is 10.0. The van der Waals surface area contributed by atoms with Gasteiger partial charge in [-0.3, -0.25) is 14.5 Å². The molecule has 2 fully saturated rings. The second-order valence-corrected chi connectivity index (χ2v) is 16.3. The summed E-state index contributed by atoms with van der Waals surface area (Å²) in [6, 6.07) is 13.5. The van der Waals surface area contributed by atoms with E-state index in [0.29, 0.717) is 6.04 Å². The Balaban J connectivity index is 0.000000375. The van der Waals surface area contributed by atoms with E-state index in [-0.39, 0.29) is 41.4 Å². The topological polar surface area (TPSA) is 96.6 Å². The highest BCUT2D eigenvalue weighted by Gasteiger charge is 2.57. The lowest BCUT2D eigenvalue weighted by Crippen LogP contribution is -2.56. The second kappa shape index (κ2) is 28.1. The van der Waals surface area contributed by atoms with Crippen molar-refractivity contribution in [1.29, 1.82) is 0 Å². The van der Waals surface area contributed by atoms with Gasteiger partial charge in [-0.1, -0.05) is 99.4 Å². The molecule has 0 radical (unpaired) electrons. The highest BCUT2D eigenvalue weighted by atomic mass is 16.5. The molecule has 2 aromatic carbocycles. The minimum atomic E-state index is -0.233. The van der Waals surface area contributed by atoms with Crippen molar-refractivity contribution in [3.63, 3.8) is 0 Å². The van der Waals surface area contributed by atoms with E-state index in [1.54, 1.807) is 14.2 Å². The highest BCUT2D eigenvalue weighted by Crippen LogP contribution is 2.55. The SMILES string of the molecule is CC.CC.CC.CC.CCc1ccc2[nH]c3c(c2c1)CCN(C)CC(OC)CCCCC3C(=O)OC.COc1ccc(C23CCC(OC(C)=O)C4C=CCN(CC2)C43)c(N(C)C)c1. The number of aryl methyl sites for hydroxylation is 1. The summed E-state index contributed by atoms with van der Waals surface area (Å²) in [6.45, 7) is 23.7. The molecule has 4 heterocycles. The molecule has 1 saturated heterocycles.